The standard InChI is InChI=1S/C20H22F3N3O3S/c21-16-7-6-15(14-18(16)23)20(27)24-8-3-13-30(28,29)26-11-9-25(10-12-26)19-5-2-1-4-17(19)22/h1-2,4-7,14H,3,8-13H2,(H,24,27). The minimum Gasteiger partial charge on any atom is -0.367 e. The first-order valence-corrected chi connectivity index (χ1v) is 11.1. The summed E-state index contributed by atoms with van der Waals surface area (Å²) in [6.45, 7) is 1.34. The first-order valence-electron chi connectivity index (χ1n) is 9.48. The van der Waals surface area contributed by atoms with E-state index in [1.165, 1.54) is 10.4 Å². The lowest BCUT2D eigenvalue weighted by Gasteiger charge is -2.35. The van der Waals surface area contributed by atoms with Crippen LogP contribution in [0.25, 0.3) is 0 Å². The van der Waals surface area contributed by atoms with Gasteiger partial charge in [0.2, 0.25) is 10.0 Å². The van der Waals surface area contributed by atoms with Crippen molar-refractivity contribution in [3.05, 3.63) is 65.5 Å². The van der Waals surface area contributed by atoms with Crippen LogP contribution in [-0.4, -0.2) is 57.1 Å². The monoisotopic (exact) mass is 441 g/mol. The topological polar surface area (TPSA) is 69.7 Å². The van der Waals surface area contributed by atoms with E-state index >= 15 is 0 Å². The third-order valence-corrected chi connectivity index (χ3v) is 6.83. The van der Waals surface area contributed by atoms with Crippen molar-refractivity contribution >= 4 is 21.6 Å². The minimum atomic E-state index is -3.52. The maximum atomic E-state index is 13.9. The number of sulfonamides is 1. The third-order valence-electron chi connectivity index (χ3n) is 4.87. The van der Waals surface area contributed by atoms with E-state index < -0.39 is 27.6 Å². The number of para-hydroxylation sites is 1. The molecule has 0 aliphatic carbocycles. The SMILES string of the molecule is O=C(NCCCS(=O)(=O)N1CCN(c2ccccc2F)CC1)c1ccc(F)c(F)c1. The maximum Gasteiger partial charge on any atom is 0.251 e. The molecule has 3 rings (SSSR count). The molecule has 0 radical (unpaired) electrons. The zero-order valence-electron chi connectivity index (χ0n) is 16.2. The summed E-state index contributed by atoms with van der Waals surface area (Å²) in [6, 6.07) is 9.16. The van der Waals surface area contributed by atoms with Gasteiger partial charge in [0.05, 0.1) is 11.4 Å². The van der Waals surface area contributed by atoms with Crippen LogP contribution in [0.1, 0.15) is 16.8 Å². The molecule has 0 aromatic heterocycles. The number of hydrogen-bond donors (Lipinski definition) is 1. The number of amides is 1. The Balaban J connectivity index is 1.45. The molecular weight excluding hydrogens is 419 g/mol. The minimum absolute atomic E-state index is 0.0407. The Hall–Kier alpha value is -2.59. The van der Waals surface area contributed by atoms with Gasteiger partial charge in [-0.05, 0) is 36.8 Å². The number of carbonyl (C=O) groups is 1. The lowest BCUT2D eigenvalue weighted by atomic mass is 10.2. The molecule has 0 bridgehead atoms. The van der Waals surface area contributed by atoms with E-state index in [1.807, 2.05) is 4.90 Å². The van der Waals surface area contributed by atoms with Crippen LogP contribution in [0, 0.1) is 17.5 Å². The molecule has 2 aromatic rings. The highest BCUT2D eigenvalue weighted by Gasteiger charge is 2.27. The van der Waals surface area contributed by atoms with Crippen LogP contribution < -0.4 is 10.2 Å². The number of rotatable bonds is 7. The zero-order chi connectivity index (χ0) is 21.7. The van der Waals surface area contributed by atoms with Gasteiger partial charge in [0.25, 0.3) is 5.91 Å². The predicted octanol–water partition coefficient (Wildman–Crippen LogP) is 2.38. The molecular formula is C20H22F3N3O3S. The average Bonchev–Trinajstić information content (AvgIpc) is 2.73. The van der Waals surface area contributed by atoms with Gasteiger partial charge in [-0.3, -0.25) is 4.79 Å². The number of piperazine rings is 1. The van der Waals surface area contributed by atoms with Gasteiger partial charge in [0.15, 0.2) is 11.6 Å². The van der Waals surface area contributed by atoms with E-state index in [0.717, 1.165) is 18.2 Å². The molecule has 0 saturated carbocycles. The Morgan fingerprint density at radius 1 is 0.933 bits per heavy atom. The van der Waals surface area contributed by atoms with E-state index in [-0.39, 0.29) is 43.2 Å². The van der Waals surface area contributed by atoms with Crippen LogP contribution in [-0.2, 0) is 10.0 Å². The van der Waals surface area contributed by atoms with Crippen molar-refractivity contribution in [2.75, 3.05) is 43.4 Å². The normalized spacial score (nSPS) is 15.2. The highest BCUT2D eigenvalue weighted by atomic mass is 32.2. The number of nitrogens with zero attached hydrogens (tertiary/aromatic N) is 2. The van der Waals surface area contributed by atoms with E-state index in [9.17, 15) is 26.4 Å². The van der Waals surface area contributed by atoms with E-state index in [2.05, 4.69) is 5.32 Å². The van der Waals surface area contributed by atoms with Gasteiger partial charge in [-0.2, -0.15) is 4.31 Å². The zero-order valence-corrected chi connectivity index (χ0v) is 17.0. The van der Waals surface area contributed by atoms with Crippen molar-refractivity contribution in [1.82, 2.24) is 9.62 Å². The highest BCUT2D eigenvalue weighted by molar-refractivity contribution is 7.89. The lowest BCUT2D eigenvalue weighted by Crippen LogP contribution is -2.49. The summed E-state index contributed by atoms with van der Waals surface area (Å²) in [4.78, 5) is 13.7. The molecule has 6 nitrogen and oxygen atoms in total. The molecule has 0 atom stereocenters. The smallest absolute Gasteiger partial charge is 0.251 e. The van der Waals surface area contributed by atoms with Gasteiger partial charge in [-0.15, -0.1) is 0 Å². The van der Waals surface area contributed by atoms with Crippen LogP contribution in [0.5, 0.6) is 0 Å². The molecule has 1 heterocycles. The average molecular weight is 441 g/mol. The number of hydrogen-bond acceptors (Lipinski definition) is 4. The van der Waals surface area contributed by atoms with Crippen molar-refractivity contribution in [3.63, 3.8) is 0 Å². The summed E-state index contributed by atoms with van der Waals surface area (Å²) in [5.74, 6) is -3.28. The largest absolute Gasteiger partial charge is 0.367 e. The Morgan fingerprint density at radius 2 is 1.63 bits per heavy atom. The fraction of sp³-hybridized carbons (Fsp3) is 0.350. The Bertz CT molecular complexity index is 1010. The summed E-state index contributed by atoms with van der Waals surface area (Å²) in [7, 11) is -3.52. The second kappa shape index (κ2) is 9.48. The Labute approximate surface area is 173 Å². The van der Waals surface area contributed by atoms with E-state index in [0.29, 0.717) is 18.8 Å². The molecule has 10 heteroatoms. The molecule has 1 N–H and O–H groups in total. The molecule has 1 fully saturated rings. The third kappa shape index (κ3) is 5.31. The lowest BCUT2D eigenvalue weighted by molar-refractivity contribution is 0.0953. The van der Waals surface area contributed by atoms with Crippen molar-refractivity contribution < 1.29 is 26.4 Å². The molecule has 1 aliphatic rings. The molecule has 1 aliphatic heterocycles. The van der Waals surface area contributed by atoms with Gasteiger partial charge in [-0.1, -0.05) is 12.1 Å². The second-order valence-corrected chi connectivity index (χ2v) is 8.98. The number of benzene rings is 2. The van der Waals surface area contributed by atoms with Crippen LogP contribution in [0.4, 0.5) is 18.9 Å². The van der Waals surface area contributed by atoms with Gasteiger partial charge in [0, 0.05) is 38.3 Å². The van der Waals surface area contributed by atoms with Crippen molar-refractivity contribution in [2.45, 2.75) is 6.42 Å². The van der Waals surface area contributed by atoms with E-state index in [1.54, 1.807) is 18.2 Å². The number of anilines is 1. The Morgan fingerprint density at radius 3 is 2.30 bits per heavy atom. The van der Waals surface area contributed by atoms with Crippen LogP contribution >= 0.6 is 0 Å². The van der Waals surface area contributed by atoms with E-state index in [4.69, 9.17) is 0 Å². The van der Waals surface area contributed by atoms with Crippen molar-refractivity contribution in [2.24, 2.45) is 0 Å². The first-order chi connectivity index (χ1) is 14.3. The predicted molar refractivity (Wildman–Crippen MR) is 107 cm³/mol. The van der Waals surface area contributed by atoms with Gasteiger partial charge in [0.1, 0.15) is 5.82 Å². The summed E-state index contributed by atoms with van der Waals surface area (Å²) >= 11 is 0. The fourth-order valence-corrected chi connectivity index (χ4v) is 4.73. The number of nitrogens with one attached hydrogen (secondary N) is 1. The summed E-state index contributed by atoms with van der Waals surface area (Å²) in [5.41, 5.74) is 0.413. The number of carbonyl (C=O) groups excluding carboxylic acids is 1. The van der Waals surface area contributed by atoms with Gasteiger partial charge < -0.3 is 10.2 Å². The summed E-state index contributed by atoms with van der Waals surface area (Å²) < 4.78 is 66.4. The molecule has 162 valence electrons. The molecule has 2 aromatic carbocycles. The fourth-order valence-electron chi connectivity index (χ4n) is 3.24. The van der Waals surface area contributed by atoms with Crippen LogP contribution in [0.2, 0.25) is 0 Å². The second-order valence-electron chi connectivity index (χ2n) is 6.89. The molecule has 30 heavy (non-hydrogen) atoms. The molecule has 0 unspecified atom stereocenters. The number of halogens is 3. The summed E-state index contributed by atoms with van der Waals surface area (Å²) in [6.07, 6.45) is 0.172. The highest BCUT2D eigenvalue weighted by Crippen LogP contribution is 2.21. The molecule has 1 saturated heterocycles. The van der Waals surface area contributed by atoms with Gasteiger partial charge >= 0.3 is 0 Å². The first kappa shape index (κ1) is 22.1. The molecule has 0 spiro atoms. The Kier molecular flexibility index (Phi) is 6.99. The van der Waals surface area contributed by atoms with Crippen LogP contribution in [0.3, 0.4) is 0 Å². The maximum absolute atomic E-state index is 13.9. The molecule has 1 amide bonds. The quantitative estimate of drug-likeness (QED) is 0.670. The van der Waals surface area contributed by atoms with Crippen molar-refractivity contribution in [1.29, 1.82) is 0 Å². The summed E-state index contributed by atoms with van der Waals surface area (Å²) in [5, 5.41) is 2.50. The van der Waals surface area contributed by atoms with Crippen molar-refractivity contribution in [3.8, 4) is 0 Å². The van der Waals surface area contributed by atoms with Crippen LogP contribution in [0.15, 0.2) is 42.5 Å². The van der Waals surface area contributed by atoms with Gasteiger partial charge in [-0.25, -0.2) is 21.6 Å².